The standard InChI is InChI=1S/C43H59N5O7S/c1-27-29(28-11-12-33(46-34(28)36(50)54-38(2,3)4)47-15-13-32-30(18-47)31(19-56-32)35(49)52-10)17-45-48(27)26-42-21-40(8)20-41(9,22-42)24-43(23-40,25-42)53-16-14-44-37(51)55-39(5,6)7/h11-12,17,19H,13-16,18,20-26H2,1-10H3,(H,44,51). The lowest BCUT2D eigenvalue weighted by atomic mass is 9.39. The third kappa shape index (κ3) is 8.21. The van der Waals surface area contributed by atoms with Gasteiger partial charge in [0.15, 0.2) is 5.69 Å². The summed E-state index contributed by atoms with van der Waals surface area (Å²) in [6, 6.07) is 3.91. The summed E-state index contributed by atoms with van der Waals surface area (Å²) in [6.07, 6.45) is 8.54. The van der Waals surface area contributed by atoms with Gasteiger partial charge >= 0.3 is 18.0 Å². The molecule has 304 valence electrons. The highest BCUT2D eigenvalue weighted by Crippen LogP contribution is 2.72. The van der Waals surface area contributed by atoms with E-state index in [-0.39, 0.29) is 33.5 Å². The van der Waals surface area contributed by atoms with Crippen LogP contribution in [0.2, 0.25) is 0 Å². The number of nitrogens with zero attached hydrogens (tertiary/aromatic N) is 4. The van der Waals surface area contributed by atoms with Crippen molar-refractivity contribution in [1.29, 1.82) is 0 Å². The summed E-state index contributed by atoms with van der Waals surface area (Å²) in [4.78, 5) is 47.0. The first-order valence-corrected chi connectivity index (χ1v) is 20.8. The Morgan fingerprint density at radius 2 is 1.61 bits per heavy atom. The van der Waals surface area contributed by atoms with E-state index in [1.165, 1.54) is 18.4 Å². The topological polar surface area (TPSA) is 134 Å². The van der Waals surface area contributed by atoms with E-state index in [4.69, 9.17) is 29.0 Å². The van der Waals surface area contributed by atoms with E-state index in [1.54, 1.807) is 11.3 Å². The molecule has 3 aromatic heterocycles. The van der Waals surface area contributed by atoms with Gasteiger partial charge in [0.2, 0.25) is 0 Å². The number of thiophene rings is 1. The highest BCUT2D eigenvalue weighted by molar-refractivity contribution is 7.10. The van der Waals surface area contributed by atoms with Crippen molar-refractivity contribution in [3.05, 3.63) is 51.1 Å². The number of hydrogen-bond acceptors (Lipinski definition) is 11. The van der Waals surface area contributed by atoms with Crippen molar-refractivity contribution < 1.29 is 33.3 Å². The number of nitrogens with one attached hydrogen (secondary N) is 1. The predicted octanol–water partition coefficient (Wildman–Crippen LogP) is 8.28. The maximum Gasteiger partial charge on any atom is 0.407 e. The van der Waals surface area contributed by atoms with Crippen LogP contribution < -0.4 is 10.2 Å². The van der Waals surface area contributed by atoms with Crippen LogP contribution in [0.3, 0.4) is 0 Å². The van der Waals surface area contributed by atoms with Crippen LogP contribution >= 0.6 is 11.3 Å². The monoisotopic (exact) mass is 789 g/mol. The molecule has 56 heavy (non-hydrogen) atoms. The van der Waals surface area contributed by atoms with Crippen LogP contribution in [-0.2, 0) is 38.5 Å². The van der Waals surface area contributed by atoms with Gasteiger partial charge in [0.1, 0.15) is 17.0 Å². The highest BCUT2D eigenvalue weighted by Gasteiger charge is 2.66. The zero-order valence-electron chi connectivity index (χ0n) is 34.8. The van der Waals surface area contributed by atoms with Gasteiger partial charge in [0.25, 0.3) is 0 Å². The average Bonchev–Trinajstić information content (AvgIpc) is 3.65. The van der Waals surface area contributed by atoms with E-state index in [0.717, 1.165) is 61.9 Å². The van der Waals surface area contributed by atoms with Crippen molar-refractivity contribution in [1.82, 2.24) is 20.1 Å². The molecule has 2 atom stereocenters. The molecule has 4 heterocycles. The van der Waals surface area contributed by atoms with Crippen LogP contribution in [0.1, 0.15) is 131 Å². The normalized spacial score (nSPS) is 26.9. The van der Waals surface area contributed by atoms with E-state index in [2.05, 4.69) is 35.7 Å². The number of hydrogen-bond donors (Lipinski definition) is 1. The molecule has 12 nitrogen and oxygen atoms in total. The Morgan fingerprint density at radius 1 is 0.911 bits per heavy atom. The number of carbonyl (C=O) groups is 3. The molecule has 1 aliphatic heterocycles. The average molecular weight is 790 g/mol. The Hall–Kier alpha value is -3.97. The van der Waals surface area contributed by atoms with Gasteiger partial charge in [-0.25, -0.2) is 19.4 Å². The molecule has 1 N–H and O–H groups in total. The lowest BCUT2D eigenvalue weighted by Crippen LogP contribution is -2.64. The fraction of sp³-hybridized carbons (Fsp3) is 0.651. The summed E-state index contributed by atoms with van der Waals surface area (Å²) in [7, 11) is 1.40. The van der Waals surface area contributed by atoms with Crippen LogP contribution in [0.4, 0.5) is 10.6 Å². The summed E-state index contributed by atoms with van der Waals surface area (Å²) in [6.45, 7) is 20.8. The van der Waals surface area contributed by atoms with Crippen LogP contribution in [0.5, 0.6) is 0 Å². The Balaban J connectivity index is 1.14. The lowest BCUT2D eigenvalue weighted by molar-refractivity contribution is -0.247. The molecule has 0 saturated heterocycles. The number of rotatable bonds is 10. The lowest BCUT2D eigenvalue weighted by Gasteiger charge is -2.69. The van der Waals surface area contributed by atoms with Gasteiger partial charge < -0.3 is 29.2 Å². The van der Waals surface area contributed by atoms with E-state index >= 15 is 0 Å². The number of amides is 1. The largest absolute Gasteiger partial charge is 0.465 e. The minimum atomic E-state index is -0.716. The number of fused-ring (bicyclic) bond motifs is 1. The summed E-state index contributed by atoms with van der Waals surface area (Å²) in [5.74, 6) is -0.192. The van der Waals surface area contributed by atoms with Gasteiger partial charge in [0.05, 0.1) is 31.1 Å². The van der Waals surface area contributed by atoms with E-state index in [9.17, 15) is 14.4 Å². The molecule has 5 aliphatic rings. The zero-order chi connectivity index (χ0) is 40.5. The van der Waals surface area contributed by atoms with Gasteiger partial charge in [-0.1, -0.05) is 13.8 Å². The number of carbonyl (C=O) groups excluding carboxylic acids is 3. The first kappa shape index (κ1) is 40.2. The Labute approximate surface area is 335 Å². The molecule has 2 unspecified atom stereocenters. The number of methoxy groups -OCH3 is 1. The summed E-state index contributed by atoms with van der Waals surface area (Å²) < 4.78 is 25.4. The van der Waals surface area contributed by atoms with Gasteiger partial charge in [0, 0.05) is 53.3 Å². The number of aromatic nitrogens is 3. The minimum Gasteiger partial charge on any atom is -0.465 e. The third-order valence-corrected chi connectivity index (χ3v) is 12.9. The number of esters is 2. The fourth-order valence-electron chi connectivity index (χ4n) is 11.2. The van der Waals surface area contributed by atoms with Crippen molar-refractivity contribution in [2.45, 2.75) is 137 Å². The number of anilines is 1. The van der Waals surface area contributed by atoms with Crippen molar-refractivity contribution in [3.8, 4) is 11.1 Å². The van der Waals surface area contributed by atoms with Gasteiger partial charge in [-0.2, -0.15) is 5.10 Å². The third-order valence-electron chi connectivity index (χ3n) is 11.8. The van der Waals surface area contributed by atoms with E-state index < -0.39 is 23.3 Å². The number of ether oxygens (including phenoxy) is 4. The Kier molecular flexibility index (Phi) is 10.2. The molecule has 4 bridgehead atoms. The van der Waals surface area contributed by atoms with E-state index in [0.29, 0.717) is 43.2 Å². The van der Waals surface area contributed by atoms with Crippen LogP contribution in [0.25, 0.3) is 11.1 Å². The zero-order valence-corrected chi connectivity index (χ0v) is 35.7. The van der Waals surface area contributed by atoms with Crippen LogP contribution in [0.15, 0.2) is 23.7 Å². The van der Waals surface area contributed by atoms with Crippen molar-refractivity contribution in [3.63, 3.8) is 0 Å². The molecule has 13 heteroatoms. The fourth-order valence-corrected chi connectivity index (χ4v) is 12.2. The quantitative estimate of drug-likeness (QED) is 0.122. The minimum absolute atomic E-state index is 0.0151. The van der Waals surface area contributed by atoms with Crippen LogP contribution in [-0.4, -0.2) is 76.4 Å². The molecule has 0 aromatic carbocycles. The van der Waals surface area contributed by atoms with Crippen molar-refractivity contribution in [2.75, 3.05) is 31.7 Å². The molecule has 3 aromatic rings. The first-order chi connectivity index (χ1) is 26.1. The second kappa shape index (κ2) is 14.1. The Morgan fingerprint density at radius 3 is 2.27 bits per heavy atom. The maximum atomic E-state index is 13.9. The second-order valence-electron chi connectivity index (χ2n) is 19.7. The molecule has 4 fully saturated rings. The van der Waals surface area contributed by atoms with Crippen molar-refractivity contribution in [2.24, 2.45) is 16.2 Å². The second-order valence-corrected chi connectivity index (χ2v) is 20.7. The summed E-state index contributed by atoms with van der Waals surface area (Å²) in [5, 5.41) is 9.72. The van der Waals surface area contributed by atoms with Gasteiger partial charge in [-0.05, 0) is 127 Å². The van der Waals surface area contributed by atoms with Gasteiger partial charge in [-0.15, -0.1) is 11.3 Å². The van der Waals surface area contributed by atoms with Gasteiger partial charge in [-0.3, -0.25) is 4.68 Å². The summed E-state index contributed by atoms with van der Waals surface area (Å²) >= 11 is 1.58. The first-order valence-electron chi connectivity index (χ1n) is 19.9. The molecule has 4 aliphatic carbocycles. The SMILES string of the molecule is COC(=O)c1csc2c1CN(c1ccc(-c3cnn(CC45CC6(C)CC(C)(C4)CC(OCCNC(=O)OC(C)(C)C)(C6)C5)c3C)c(C(=O)OC(C)(C)C)n1)CC2. The molecule has 1 amide bonds. The number of alkyl carbamates (subject to hydrolysis) is 1. The van der Waals surface area contributed by atoms with Crippen molar-refractivity contribution >= 4 is 35.2 Å². The molecular weight excluding hydrogens is 731 g/mol. The molecule has 8 rings (SSSR count). The molecule has 0 radical (unpaired) electrons. The predicted molar refractivity (Wildman–Crippen MR) is 215 cm³/mol. The Bertz CT molecular complexity index is 2000. The number of pyridine rings is 1. The molecule has 0 spiro atoms. The smallest absolute Gasteiger partial charge is 0.407 e. The molecular formula is C43H59N5O7S. The van der Waals surface area contributed by atoms with E-state index in [1.807, 2.05) is 65.3 Å². The molecule has 4 saturated carbocycles. The van der Waals surface area contributed by atoms with Crippen LogP contribution in [0, 0.1) is 23.2 Å². The summed E-state index contributed by atoms with van der Waals surface area (Å²) in [5.41, 5.74) is 3.00. The highest BCUT2D eigenvalue weighted by atomic mass is 32.1. The maximum absolute atomic E-state index is 13.9.